The Labute approximate surface area is 118 Å². The molecule has 0 saturated carbocycles. The molecule has 0 radical (unpaired) electrons. The van der Waals surface area contributed by atoms with Crippen LogP contribution in [0.1, 0.15) is 20.8 Å². The van der Waals surface area contributed by atoms with Gasteiger partial charge in [-0.3, -0.25) is 4.79 Å². The molecule has 0 fully saturated rings. The molecule has 0 aliphatic carbocycles. The van der Waals surface area contributed by atoms with E-state index in [4.69, 9.17) is 0 Å². The molecule has 0 spiro atoms. The second-order valence-corrected chi connectivity index (χ2v) is 5.52. The van der Waals surface area contributed by atoms with Crippen molar-refractivity contribution in [3.05, 3.63) is 56.2 Å². The molecule has 1 aromatic carbocycles. The Balaban J connectivity index is 2.00. The Bertz CT molecular complexity index is 592. The zero-order valence-corrected chi connectivity index (χ0v) is 12.1. The number of nitrogens with zero attached hydrogens (tertiary/aromatic N) is 1. The highest BCUT2D eigenvalue weighted by atomic mass is 79.9. The van der Waals surface area contributed by atoms with Crippen molar-refractivity contribution in [2.45, 2.75) is 6.92 Å². The summed E-state index contributed by atoms with van der Waals surface area (Å²) < 4.78 is 0.979. The smallest absolute Gasteiger partial charge is 0.266 e. The van der Waals surface area contributed by atoms with E-state index in [2.05, 4.69) is 26.5 Å². The summed E-state index contributed by atoms with van der Waals surface area (Å²) in [5, 5.41) is 5.83. The van der Waals surface area contributed by atoms with Crippen molar-refractivity contribution in [2.24, 2.45) is 5.10 Å². The van der Waals surface area contributed by atoms with Gasteiger partial charge in [-0.1, -0.05) is 28.1 Å². The predicted molar refractivity (Wildman–Crippen MR) is 78.3 cm³/mol. The number of carbonyl (C=O) groups excluding carboxylic acids is 1. The van der Waals surface area contributed by atoms with Gasteiger partial charge in [0.2, 0.25) is 0 Å². The number of hydrazone groups is 1. The largest absolute Gasteiger partial charge is 0.281 e. The molecule has 2 aromatic rings. The van der Waals surface area contributed by atoms with Crippen molar-refractivity contribution in [1.82, 2.24) is 5.43 Å². The topological polar surface area (TPSA) is 41.5 Å². The summed E-state index contributed by atoms with van der Waals surface area (Å²) in [6.07, 6.45) is 1.62. The summed E-state index contributed by atoms with van der Waals surface area (Å²) >= 11 is 4.79. The van der Waals surface area contributed by atoms with Gasteiger partial charge in [-0.2, -0.15) is 5.10 Å². The number of carbonyl (C=O) groups is 1. The fraction of sp³-hybridized carbons (Fsp3) is 0.0769. The molecule has 0 atom stereocenters. The van der Waals surface area contributed by atoms with Crippen molar-refractivity contribution >= 4 is 39.4 Å². The van der Waals surface area contributed by atoms with Gasteiger partial charge in [0.05, 0.1) is 11.1 Å². The van der Waals surface area contributed by atoms with Crippen molar-refractivity contribution in [3.63, 3.8) is 0 Å². The average Bonchev–Trinajstić information content (AvgIpc) is 2.75. The van der Waals surface area contributed by atoms with Crippen molar-refractivity contribution in [1.29, 1.82) is 0 Å². The second kappa shape index (κ2) is 5.93. The highest BCUT2D eigenvalue weighted by Gasteiger charge is 2.08. The minimum Gasteiger partial charge on any atom is -0.266 e. The number of rotatable bonds is 3. The molecule has 0 bridgehead atoms. The third kappa shape index (κ3) is 3.27. The Morgan fingerprint density at radius 1 is 1.44 bits per heavy atom. The van der Waals surface area contributed by atoms with Crippen LogP contribution in [-0.2, 0) is 0 Å². The van der Waals surface area contributed by atoms with Gasteiger partial charge in [-0.25, -0.2) is 5.43 Å². The van der Waals surface area contributed by atoms with E-state index in [-0.39, 0.29) is 5.91 Å². The zero-order chi connectivity index (χ0) is 13.0. The highest BCUT2D eigenvalue weighted by Crippen LogP contribution is 2.15. The molecule has 5 heteroatoms. The zero-order valence-electron chi connectivity index (χ0n) is 9.68. The lowest BCUT2D eigenvalue weighted by molar-refractivity contribution is 0.0958. The maximum atomic E-state index is 11.8. The summed E-state index contributed by atoms with van der Waals surface area (Å²) in [5.41, 5.74) is 4.41. The molecule has 0 unspecified atom stereocenters. The first kappa shape index (κ1) is 13.0. The predicted octanol–water partition coefficient (Wildman–Crippen LogP) is 3.58. The third-order valence-corrected chi connectivity index (χ3v) is 3.81. The summed E-state index contributed by atoms with van der Waals surface area (Å²) in [5.74, 6) is -0.172. The quantitative estimate of drug-likeness (QED) is 0.681. The molecular weight excluding hydrogens is 312 g/mol. The van der Waals surface area contributed by atoms with Gasteiger partial charge in [-0.15, -0.1) is 11.3 Å². The van der Waals surface area contributed by atoms with Crippen LogP contribution in [0.2, 0.25) is 0 Å². The van der Waals surface area contributed by atoms with E-state index in [1.165, 1.54) is 11.3 Å². The van der Waals surface area contributed by atoms with Gasteiger partial charge in [0, 0.05) is 4.47 Å². The molecular formula is C13H11BrN2OS. The van der Waals surface area contributed by atoms with Crippen molar-refractivity contribution in [3.8, 4) is 0 Å². The first-order chi connectivity index (χ1) is 8.66. The number of benzene rings is 1. The van der Waals surface area contributed by atoms with E-state index in [9.17, 15) is 4.79 Å². The minimum absolute atomic E-state index is 0.172. The molecule has 2 rings (SSSR count). The highest BCUT2D eigenvalue weighted by molar-refractivity contribution is 9.10. The lowest BCUT2D eigenvalue weighted by atomic mass is 10.2. The fourth-order valence-corrected chi connectivity index (χ4v) is 2.64. The van der Waals surface area contributed by atoms with E-state index in [0.717, 1.165) is 15.6 Å². The number of hydrogen-bond acceptors (Lipinski definition) is 3. The van der Waals surface area contributed by atoms with E-state index in [1.807, 2.05) is 42.6 Å². The second-order valence-electron chi connectivity index (χ2n) is 3.69. The van der Waals surface area contributed by atoms with Crippen LogP contribution in [0, 0.1) is 6.92 Å². The van der Waals surface area contributed by atoms with Crippen LogP contribution in [0.4, 0.5) is 0 Å². The Morgan fingerprint density at radius 2 is 2.28 bits per heavy atom. The molecule has 0 aliphatic heterocycles. The molecule has 1 heterocycles. The van der Waals surface area contributed by atoms with Gasteiger partial charge in [0.1, 0.15) is 0 Å². The van der Waals surface area contributed by atoms with Crippen molar-refractivity contribution < 1.29 is 4.79 Å². The van der Waals surface area contributed by atoms with Crippen LogP contribution in [0.5, 0.6) is 0 Å². The first-order valence-electron chi connectivity index (χ1n) is 5.30. The monoisotopic (exact) mass is 322 g/mol. The normalized spacial score (nSPS) is 10.8. The van der Waals surface area contributed by atoms with E-state index >= 15 is 0 Å². The number of aryl methyl sites for hydroxylation is 1. The third-order valence-electron chi connectivity index (χ3n) is 2.30. The average molecular weight is 323 g/mol. The van der Waals surface area contributed by atoms with Crippen LogP contribution in [0.25, 0.3) is 0 Å². The van der Waals surface area contributed by atoms with Crippen LogP contribution in [0.3, 0.4) is 0 Å². The molecule has 18 heavy (non-hydrogen) atoms. The number of thiophene rings is 1. The molecule has 0 aliphatic rings. The molecule has 92 valence electrons. The number of hydrogen-bond donors (Lipinski definition) is 1. The van der Waals surface area contributed by atoms with Gasteiger partial charge in [0.15, 0.2) is 0 Å². The van der Waals surface area contributed by atoms with Gasteiger partial charge >= 0.3 is 0 Å². The molecule has 0 saturated heterocycles. The summed E-state index contributed by atoms with van der Waals surface area (Å²) in [6, 6.07) is 9.60. The number of amides is 1. The maximum absolute atomic E-state index is 11.8. The molecule has 1 N–H and O–H groups in total. The van der Waals surface area contributed by atoms with E-state index in [1.54, 1.807) is 6.21 Å². The Morgan fingerprint density at radius 3 is 2.94 bits per heavy atom. The van der Waals surface area contributed by atoms with Crippen LogP contribution in [0.15, 0.2) is 45.3 Å². The Kier molecular flexibility index (Phi) is 4.28. The lowest BCUT2D eigenvalue weighted by Crippen LogP contribution is -2.17. The van der Waals surface area contributed by atoms with E-state index < -0.39 is 0 Å². The molecule has 3 nitrogen and oxygen atoms in total. The first-order valence-corrected chi connectivity index (χ1v) is 6.97. The van der Waals surface area contributed by atoms with Crippen LogP contribution >= 0.6 is 27.3 Å². The van der Waals surface area contributed by atoms with E-state index in [0.29, 0.717) is 4.88 Å². The van der Waals surface area contributed by atoms with Gasteiger partial charge < -0.3 is 0 Å². The summed E-state index contributed by atoms with van der Waals surface area (Å²) in [4.78, 5) is 12.5. The van der Waals surface area contributed by atoms with Crippen LogP contribution < -0.4 is 5.43 Å². The summed E-state index contributed by atoms with van der Waals surface area (Å²) in [6.45, 7) is 1.91. The summed E-state index contributed by atoms with van der Waals surface area (Å²) in [7, 11) is 0. The maximum Gasteiger partial charge on any atom is 0.281 e. The standard InChI is InChI=1S/C13H11BrN2OS/c1-9-5-6-18-12(9)13(17)16-15-8-10-3-2-4-11(14)7-10/h2-8H,1H3,(H,16,17)/b15-8-. The fourth-order valence-electron chi connectivity index (χ4n) is 1.41. The number of halogens is 1. The van der Waals surface area contributed by atoms with Crippen LogP contribution in [-0.4, -0.2) is 12.1 Å². The molecule has 1 amide bonds. The molecule has 1 aromatic heterocycles. The SMILES string of the molecule is Cc1ccsc1C(=O)N/N=C\c1cccc(Br)c1. The van der Waals surface area contributed by atoms with Crippen molar-refractivity contribution in [2.75, 3.05) is 0 Å². The Hall–Kier alpha value is -1.46. The lowest BCUT2D eigenvalue weighted by Gasteiger charge is -1.98. The number of nitrogens with one attached hydrogen (secondary N) is 1. The minimum atomic E-state index is -0.172. The van der Waals surface area contributed by atoms with Gasteiger partial charge in [-0.05, 0) is 41.6 Å². The van der Waals surface area contributed by atoms with Gasteiger partial charge in [0.25, 0.3) is 5.91 Å².